The molecule has 1 heteroatoms. The third-order valence-corrected chi connectivity index (χ3v) is 6.39. The van der Waals surface area contributed by atoms with Crippen molar-refractivity contribution >= 4 is 5.69 Å². The topological polar surface area (TPSA) is 0 Å². The van der Waals surface area contributed by atoms with Gasteiger partial charge in [-0.3, -0.25) is 4.48 Å². The summed E-state index contributed by atoms with van der Waals surface area (Å²) in [6.07, 6.45) is 22.6. The lowest BCUT2D eigenvalue weighted by Gasteiger charge is -2.34. The van der Waals surface area contributed by atoms with Crippen LogP contribution in [0.5, 0.6) is 0 Å². The first-order valence-electron chi connectivity index (χ1n) is 12.6. The van der Waals surface area contributed by atoms with Crippen LogP contribution < -0.4 is 4.48 Å². The van der Waals surface area contributed by atoms with E-state index in [1.807, 2.05) is 0 Å². The van der Waals surface area contributed by atoms with Crippen molar-refractivity contribution < 1.29 is 0 Å². The molecule has 1 nitrogen and oxygen atoms in total. The zero-order valence-electron chi connectivity index (χ0n) is 19.6. The molecule has 0 bridgehead atoms. The van der Waals surface area contributed by atoms with Crippen molar-refractivity contribution in [1.29, 1.82) is 0 Å². The van der Waals surface area contributed by atoms with Gasteiger partial charge in [-0.1, -0.05) is 109 Å². The highest BCUT2D eigenvalue weighted by Gasteiger charge is 2.23. The van der Waals surface area contributed by atoms with Gasteiger partial charge in [0.05, 0.1) is 20.1 Å². The molecule has 0 radical (unpaired) electrons. The summed E-state index contributed by atoms with van der Waals surface area (Å²) in [6, 6.07) is 11.3. The Bertz CT molecular complexity index is 419. The minimum absolute atomic E-state index is 1.13. The second kappa shape index (κ2) is 17.1. The van der Waals surface area contributed by atoms with Crippen molar-refractivity contribution in [1.82, 2.24) is 4.48 Å². The predicted octanol–water partition coefficient (Wildman–Crippen LogP) is 8.91. The fraction of sp³-hybridized carbons (Fsp3) is 0.778. The standard InChI is InChI=1S/C27H50N/c1-4-6-8-10-12-14-16-21-25-28(3,27-23-19-18-20-24-27)26-22-17-15-13-11-9-7-5-2/h18-20,23-24H,4-17,21-22,25-26H2,1-3H3/q+1. The zero-order valence-corrected chi connectivity index (χ0v) is 19.6. The van der Waals surface area contributed by atoms with Gasteiger partial charge in [-0.05, 0) is 37.8 Å². The Kier molecular flexibility index (Phi) is 15.4. The van der Waals surface area contributed by atoms with E-state index < -0.39 is 0 Å². The average molecular weight is 389 g/mol. The third-order valence-electron chi connectivity index (χ3n) is 6.39. The van der Waals surface area contributed by atoms with E-state index in [0.717, 1.165) is 4.48 Å². The Morgan fingerprint density at radius 3 is 1.25 bits per heavy atom. The first kappa shape index (κ1) is 25.2. The van der Waals surface area contributed by atoms with Crippen molar-refractivity contribution in [2.45, 2.75) is 117 Å². The van der Waals surface area contributed by atoms with E-state index >= 15 is 0 Å². The summed E-state index contributed by atoms with van der Waals surface area (Å²) in [7, 11) is 2.47. The maximum Gasteiger partial charge on any atom is 0.132 e. The largest absolute Gasteiger partial charge is 0.294 e. The molecule has 0 aliphatic rings. The number of unbranched alkanes of at least 4 members (excludes halogenated alkanes) is 14. The van der Waals surface area contributed by atoms with Gasteiger partial charge >= 0.3 is 0 Å². The summed E-state index contributed by atoms with van der Waals surface area (Å²) in [5.41, 5.74) is 1.51. The highest BCUT2D eigenvalue weighted by molar-refractivity contribution is 5.41. The van der Waals surface area contributed by atoms with Crippen LogP contribution in [0.15, 0.2) is 30.3 Å². The Balaban J connectivity index is 2.30. The molecule has 0 spiro atoms. The zero-order chi connectivity index (χ0) is 20.3. The molecule has 0 atom stereocenters. The first-order chi connectivity index (χ1) is 13.7. The molecule has 0 aliphatic carbocycles. The second-order valence-electron chi connectivity index (χ2n) is 9.13. The molecule has 0 N–H and O–H groups in total. The molecule has 1 aromatic rings. The van der Waals surface area contributed by atoms with Gasteiger partial charge in [0.15, 0.2) is 0 Å². The molecule has 0 saturated carbocycles. The van der Waals surface area contributed by atoms with Gasteiger partial charge in [0.25, 0.3) is 0 Å². The molecule has 0 saturated heterocycles. The molecule has 0 aliphatic heterocycles. The fourth-order valence-electron chi connectivity index (χ4n) is 4.35. The second-order valence-corrected chi connectivity index (χ2v) is 9.13. The molecule has 0 heterocycles. The van der Waals surface area contributed by atoms with Crippen LogP contribution in [0.2, 0.25) is 0 Å². The maximum atomic E-state index is 2.47. The predicted molar refractivity (Wildman–Crippen MR) is 129 cm³/mol. The van der Waals surface area contributed by atoms with Gasteiger partial charge in [0.1, 0.15) is 5.69 Å². The number of hydrogen-bond acceptors (Lipinski definition) is 0. The number of para-hydroxylation sites is 1. The minimum Gasteiger partial charge on any atom is -0.294 e. The van der Waals surface area contributed by atoms with Crippen LogP contribution in [0.25, 0.3) is 0 Å². The highest BCUT2D eigenvalue weighted by Crippen LogP contribution is 2.23. The molecular weight excluding hydrogens is 338 g/mol. The van der Waals surface area contributed by atoms with Gasteiger partial charge in [0.2, 0.25) is 0 Å². The summed E-state index contributed by atoms with van der Waals surface area (Å²) >= 11 is 0. The normalized spacial score (nSPS) is 11.8. The third kappa shape index (κ3) is 11.9. The summed E-state index contributed by atoms with van der Waals surface area (Å²) in [4.78, 5) is 0. The van der Waals surface area contributed by atoms with Crippen molar-refractivity contribution in [3.05, 3.63) is 30.3 Å². The molecule has 0 fully saturated rings. The van der Waals surface area contributed by atoms with Gasteiger partial charge < -0.3 is 0 Å². The average Bonchev–Trinajstić information content (AvgIpc) is 2.72. The Morgan fingerprint density at radius 2 is 0.857 bits per heavy atom. The smallest absolute Gasteiger partial charge is 0.132 e. The van der Waals surface area contributed by atoms with Crippen molar-refractivity contribution in [3.8, 4) is 0 Å². The van der Waals surface area contributed by atoms with Gasteiger partial charge in [0, 0.05) is 0 Å². The summed E-state index contributed by atoms with van der Waals surface area (Å²) in [6.45, 7) is 7.20. The Labute approximate surface area is 177 Å². The lowest BCUT2D eigenvalue weighted by atomic mass is 10.1. The lowest BCUT2D eigenvalue weighted by molar-refractivity contribution is 0.310. The van der Waals surface area contributed by atoms with Crippen LogP contribution in [-0.2, 0) is 0 Å². The van der Waals surface area contributed by atoms with E-state index in [4.69, 9.17) is 0 Å². The highest BCUT2D eigenvalue weighted by atomic mass is 15.3. The Morgan fingerprint density at radius 1 is 0.500 bits per heavy atom. The first-order valence-corrected chi connectivity index (χ1v) is 12.6. The van der Waals surface area contributed by atoms with Gasteiger partial charge in [-0.2, -0.15) is 0 Å². The minimum atomic E-state index is 1.13. The summed E-state index contributed by atoms with van der Waals surface area (Å²) in [5.74, 6) is 0. The van der Waals surface area contributed by atoms with Crippen LogP contribution in [0.1, 0.15) is 117 Å². The molecule has 1 aromatic carbocycles. The van der Waals surface area contributed by atoms with E-state index in [2.05, 4.69) is 51.2 Å². The van der Waals surface area contributed by atoms with E-state index in [9.17, 15) is 0 Å². The van der Waals surface area contributed by atoms with Gasteiger partial charge in [-0.15, -0.1) is 0 Å². The monoisotopic (exact) mass is 388 g/mol. The van der Waals surface area contributed by atoms with Crippen molar-refractivity contribution in [3.63, 3.8) is 0 Å². The quantitative estimate of drug-likeness (QED) is 0.164. The molecule has 0 amide bonds. The molecule has 0 aromatic heterocycles. The maximum absolute atomic E-state index is 2.47. The van der Waals surface area contributed by atoms with Crippen LogP contribution in [0.3, 0.4) is 0 Å². The Hall–Kier alpha value is -0.820. The SMILES string of the molecule is CCCCCCCCCC[N+](C)(CCCCCCCCCC)c1ccccc1. The van der Waals surface area contributed by atoms with Crippen molar-refractivity contribution in [2.24, 2.45) is 0 Å². The number of quaternary nitrogens is 1. The van der Waals surface area contributed by atoms with Crippen LogP contribution in [0.4, 0.5) is 5.69 Å². The molecule has 162 valence electrons. The summed E-state index contributed by atoms with van der Waals surface area (Å²) < 4.78 is 1.13. The van der Waals surface area contributed by atoms with E-state index in [0.29, 0.717) is 0 Å². The van der Waals surface area contributed by atoms with Crippen molar-refractivity contribution in [2.75, 3.05) is 20.1 Å². The van der Waals surface area contributed by atoms with Gasteiger partial charge in [-0.25, -0.2) is 0 Å². The molecular formula is C27H50N+. The molecule has 0 unspecified atom stereocenters. The van der Waals surface area contributed by atoms with E-state index in [-0.39, 0.29) is 0 Å². The van der Waals surface area contributed by atoms with Crippen LogP contribution >= 0.6 is 0 Å². The number of benzene rings is 1. The summed E-state index contributed by atoms with van der Waals surface area (Å²) in [5, 5.41) is 0. The molecule has 28 heavy (non-hydrogen) atoms. The van der Waals surface area contributed by atoms with Crippen LogP contribution in [0, 0.1) is 0 Å². The van der Waals surface area contributed by atoms with Crippen LogP contribution in [-0.4, -0.2) is 20.1 Å². The van der Waals surface area contributed by atoms with E-state index in [1.54, 1.807) is 0 Å². The lowest BCUT2D eigenvalue weighted by Crippen LogP contribution is -2.46. The fourth-order valence-corrected chi connectivity index (χ4v) is 4.35. The number of rotatable bonds is 19. The molecule has 1 rings (SSSR count). The number of hydrogen-bond donors (Lipinski definition) is 0. The number of nitrogens with zero attached hydrogens (tertiary/aromatic N) is 1. The van der Waals surface area contributed by atoms with E-state index in [1.165, 1.54) is 122 Å².